The van der Waals surface area contributed by atoms with Crippen LogP contribution in [0, 0.1) is 17.8 Å². The van der Waals surface area contributed by atoms with E-state index in [4.69, 9.17) is 19.4 Å². The number of fused-ring (bicyclic) bond motifs is 4. The van der Waals surface area contributed by atoms with Gasteiger partial charge in [-0.25, -0.2) is 19.6 Å². The van der Waals surface area contributed by atoms with Gasteiger partial charge in [-0.15, -0.1) is 0 Å². The summed E-state index contributed by atoms with van der Waals surface area (Å²) in [6.07, 6.45) is 8.56. The Morgan fingerprint density at radius 1 is 0.691 bits per heavy atom. The first-order valence-electron chi connectivity index (χ1n) is 24.9. The highest BCUT2D eigenvalue weighted by atomic mass is 16.5. The fourth-order valence-corrected chi connectivity index (χ4v) is 12.7. The lowest BCUT2D eigenvalue weighted by Crippen LogP contribution is -2.53. The van der Waals surface area contributed by atoms with Gasteiger partial charge in [0.05, 0.1) is 60.5 Å². The van der Waals surface area contributed by atoms with E-state index in [1.165, 1.54) is 30.9 Å². The molecule has 0 bridgehead atoms. The molecule has 2 saturated carbocycles. The van der Waals surface area contributed by atoms with Crippen molar-refractivity contribution in [3.63, 3.8) is 0 Å². The first-order valence-corrected chi connectivity index (χ1v) is 24.9. The van der Waals surface area contributed by atoms with Gasteiger partial charge in [-0.1, -0.05) is 71.7 Å². The van der Waals surface area contributed by atoms with Crippen molar-refractivity contribution in [1.82, 2.24) is 40.4 Å². The van der Waals surface area contributed by atoms with Gasteiger partial charge in [-0.3, -0.25) is 9.59 Å². The van der Waals surface area contributed by atoms with Crippen molar-refractivity contribution in [3.8, 4) is 0 Å². The summed E-state index contributed by atoms with van der Waals surface area (Å²) >= 11 is 0. The molecule has 5 heterocycles. The van der Waals surface area contributed by atoms with Gasteiger partial charge in [-0.05, 0) is 128 Å². The lowest BCUT2D eigenvalue weighted by molar-refractivity contribution is -0.138. The SMILES string of the molecule is COC(=O)NCC(=O)N1C(c2nc3cc([C@H]4CC[C@H](c5ccc6[nH]c([C@@H]7CC8CCCC8N7C(=O)C(NC(=O)OC)C(C)C)nc6c5)N4c4ccc(C(C)(C)C)cc4)ccc3[nH]2)C[C@@H]2CCC[C@@H]21. The molecule has 3 aliphatic heterocycles. The smallest absolute Gasteiger partial charge is 0.407 e. The molecular weight excluding hydrogens is 859 g/mol. The summed E-state index contributed by atoms with van der Waals surface area (Å²) in [6.45, 7) is 10.5. The molecule has 2 aliphatic carbocycles. The fraction of sp³-hybridized carbons (Fsp3) is 0.547. The minimum Gasteiger partial charge on any atom is -0.453 e. The number of rotatable bonds is 10. The van der Waals surface area contributed by atoms with E-state index in [2.05, 4.69) is 107 Å². The number of anilines is 1. The molecule has 3 saturated heterocycles. The standard InChI is InChI=1S/C53H67N9O6/c1-29(2)47(59-52(66)68-7)50(64)62-41-13-9-11-31(41)27-45(62)49-56-37-21-15-33(25-39(37)58-49)43-23-22-42(60(43)35-18-16-34(17-19-35)53(3,4)5)32-14-20-36-38(24-32)57-48(55-36)44-26-30-10-8-12-40(30)61(44)46(63)28-54-51(65)67-6/h14-21,24-25,29-31,40-45,47H,8-13,22-23,26-28H2,1-7H3,(H,54,65)(H,55,57)(H,56,58)(H,59,66)/t30-,31?,40-,41?,42+,43+,44?,45-,47?/m0/s1. The summed E-state index contributed by atoms with van der Waals surface area (Å²) in [5.74, 6) is 2.06. The van der Waals surface area contributed by atoms with E-state index >= 15 is 0 Å². The largest absolute Gasteiger partial charge is 0.453 e. The number of carbonyl (C=O) groups is 4. The third-order valence-electron chi connectivity index (χ3n) is 16.0. The van der Waals surface area contributed by atoms with Crippen molar-refractivity contribution in [2.75, 3.05) is 25.7 Å². The second-order valence-electron chi connectivity index (χ2n) is 21.4. The molecule has 0 spiro atoms. The van der Waals surface area contributed by atoms with Crippen LogP contribution in [0.15, 0.2) is 60.7 Å². The second-order valence-corrected chi connectivity index (χ2v) is 21.4. The molecule has 4 amide bonds. The van der Waals surface area contributed by atoms with Gasteiger partial charge in [0.2, 0.25) is 11.8 Å². The van der Waals surface area contributed by atoms with Crippen LogP contribution in [0.3, 0.4) is 0 Å². The third-order valence-corrected chi connectivity index (χ3v) is 16.0. The molecule has 360 valence electrons. The summed E-state index contributed by atoms with van der Waals surface area (Å²) in [6, 6.07) is 21.5. The number of carbonyl (C=O) groups excluding carboxylic acids is 4. The van der Waals surface area contributed by atoms with Crippen LogP contribution in [-0.4, -0.2) is 92.6 Å². The summed E-state index contributed by atoms with van der Waals surface area (Å²) in [4.78, 5) is 76.7. The maximum atomic E-state index is 14.4. The van der Waals surface area contributed by atoms with Crippen molar-refractivity contribution in [2.45, 2.75) is 147 Å². The van der Waals surface area contributed by atoms with Crippen LogP contribution in [0.1, 0.15) is 151 Å². The number of methoxy groups -OCH3 is 2. The predicted octanol–water partition coefficient (Wildman–Crippen LogP) is 9.44. The Kier molecular flexibility index (Phi) is 12.1. The van der Waals surface area contributed by atoms with Crippen LogP contribution < -0.4 is 15.5 Å². The van der Waals surface area contributed by atoms with Crippen LogP contribution in [0.2, 0.25) is 0 Å². The van der Waals surface area contributed by atoms with Gasteiger partial charge >= 0.3 is 12.2 Å². The second kappa shape index (κ2) is 18.1. The highest BCUT2D eigenvalue weighted by Gasteiger charge is 2.50. The monoisotopic (exact) mass is 926 g/mol. The molecule has 4 N–H and O–H groups in total. The van der Waals surface area contributed by atoms with E-state index in [0.717, 1.165) is 104 Å². The van der Waals surface area contributed by atoms with E-state index < -0.39 is 18.2 Å². The molecule has 2 aromatic heterocycles. The Balaban J connectivity index is 0.957. The molecule has 5 fully saturated rings. The molecule has 4 unspecified atom stereocenters. The Bertz CT molecular complexity index is 2700. The number of imidazole rings is 2. The number of likely N-dealkylation sites (tertiary alicyclic amines) is 2. The number of aromatic nitrogens is 4. The minimum absolute atomic E-state index is 0.00940. The first kappa shape index (κ1) is 45.7. The van der Waals surface area contributed by atoms with E-state index in [1.54, 1.807) is 0 Å². The van der Waals surface area contributed by atoms with Crippen LogP contribution >= 0.6 is 0 Å². The number of amides is 4. The summed E-state index contributed by atoms with van der Waals surface area (Å²) < 4.78 is 9.67. The fourth-order valence-electron chi connectivity index (χ4n) is 12.7. The highest BCUT2D eigenvalue weighted by Crippen LogP contribution is 2.51. The molecule has 0 radical (unpaired) electrons. The first-order chi connectivity index (χ1) is 32.7. The predicted molar refractivity (Wildman–Crippen MR) is 260 cm³/mol. The van der Waals surface area contributed by atoms with Gasteiger partial charge in [0.15, 0.2) is 0 Å². The number of alkyl carbamates (subject to hydrolysis) is 2. The number of aromatic amines is 2. The summed E-state index contributed by atoms with van der Waals surface area (Å²) in [5, 5.41) is 5.42. The van der Waals surface area contributed by atoms with Crippen molar-refractivity contribution in [3.05, 3.63) is 89.0 Å². The van der Waals surface area contributed by atoms with Gasteiger partial charge in [0.1, 0.15) is 24.2 Å². The number of ether oxygens (including phenoxy) is 2. The van der Waals surface area contributed by atoms with Gasteiger partial charge in [0.25, 0.3) is 0 Å². The number of nitrogens with one attached hydrogen (secondary N) is 4. The van der Waals surface area contributed by atoms with E-state index in [9.17, 15) is 19.2 Å². The van der Waals surface area contributed by atoms with Crippen molar-refractivity contribution >= 4 is 51.8 Å². The highest BCUT2D eigenvalue weighted by molar-refractivity contribution is 5.87. The molecule has 5 aliphatic rings. The zero-order chi connectivity index (χ0) is 47.6. The summed E-state index contributed by atoms with van der Waals surface area (Å²) in [7, 11) is 2.63. The molecule has 10 rings (SSSR count). The van der Waals surface area contributed by atoms with Crippen LogP contribution in [0.5, 0.6) is 0 Å². The van der Waals surface area contributed by atoms with Crippen LogP contribution in [-0.2, 0) is 24.5 Å². The third kappa shape index (κ3) is 8.33. The quantitative estimate of drug-likeness (QED) is 0.106. The lowest BCUT2D eigenvalue weighted by Gasteiger charge is -2.34. The minimum atomic E-state index is -0.703. The average molecular weight is 926 g/mol. The lowest BCUT2D eigenvalue weighted by atomic mass is 9.87. The van der Waals surface area contributed by atoms with E-state index in [0.29, 0.717) is 11.8 Å². The molecule has 15 heteroatoms. The number of hydrogen-bond donors (Lipinski definition) is 4. The Labute approximate surface area is 398 Å². The molecule has 5 aromatic rings. The van der Waals surface area contributed by atoms with Gasteiger partial charge in [-0.2, -0.15) is 0 Å². The molecule has 3 aromatic carbocycles. The summed E-state index contributed by atoms with van der Waals surface area (Å²) in [5.41, 5.74) is 8.40. The average Bonchev–Trinajstić information content (AvgIpc) is 4.19. The molecule has 15 nitrogen and oxygen atoms in total. The zero-order valence-electron chi connectivity index (χ0n) is 40.5. The number of benzene rings is 3. The molecule has 68 heavy (non-hydrogen) atoms. The van der Waals surface area contributed by atoms with Crippen molar-refractivity contribution in [1.29, 1.82) is 0 Å². The topological polar surface area (TPSA) is 178 Å². The van der Waals surface area contributed by atoms with Crippen LogP contribution in [0.4, 0.5) is 15.3 Å². The van der Waals surface area contributed by atoms with Crippen molar-refractivity contribution in [2.24, 2.45) is 17.8 Å². The maximum absolute atomic E-state index is 14.4. The molecule has 9 atom stereocenters. The van der Waals surface area contributed by atoms with Crippen LogP contribution in [0.25, 0.3) is 22.1 Å². The molecular formula is C53H67N9O6. The van der Waals surface area contributed by atoms with E-state index in [-0.39, 0.29) is 65.9 Å². The Morgan fingerprint density at radius 3 is 1.74 bits per heavy atom. The Morgan fingerprint density at radius 2 is 1.22 bits per heavy atom. The van der Waals surface area contributed by atoms with Crippen molar-refractivity contribution < 1.29 is 28.7 Å². The van der Waals surface area contributed by atoms with Gasteiger partial charge in [0, 0.05) is 17.8 Å². The zero-order valence-corrected chi connectivity index (χ0v) is 40.5. The normalized spacial score (nSPS) is 26.1. The Hall–Kier alpha value is -6.12. The van der Waals surface area contributed by atoms with Gasteiger partial charge < -0.3 is 44.8 Å². The van der Waals surface area contributed by atoms with E-state index in [1.807, 2.05) is 23.6 Å². The number of hydrogen-bond acceptors (Lipinski definition) is 9. The number of H-pyrrole nitrogens is 2. The number of nitrogens with zero attached hydrogens (tertiary/aromatic N) is 5. The maximum Gasteiger partial charge on any atom is 0.407 e.